The Morgan fingerprint density at radius 2 is 1.76 bits per heavy atom. The second kappa shape index (κ2) is 13.1. The van der Waals surface area contributed by atoms with Gasteiger partial charge in [-0.2, -0.15) is 0 Å². The molecule has 8 nitrogen and oxygen atoms in total. The number of ether oxygens (including phenoxy) is 1. The van der Waals surface area contributed by atoms with Crippen LogP contribution in [0, 0.1) is 11.7 Å². The minimum atomic E-state index is -3.30. The summed E-state index contributed by atoms with van der Waals surface area (Å²) in [6.45, 7) is 6.75. The lowest BCUT2D eigenvalue weighted by molar-refractivity contribution is -0.138. The first-order valence-corrected chi connectivity index (χ1v) is 14.3. The van der Waals surface area contributed by atoms with Crippen LogP contribution in [0.5, 0.6) is 0 Å². The normalized spacial score (nSPS) is 15.9. The summed E-state index contributed by atoms with van der Waals surface area (Å²) in [5.74, 6) is -1.52. The first-order chi connectivity index (χ1) is 17.5. The van der Waals surface area contributed by atoms with Crippen molar-refractivity contribution in [2.75, 3.05) is 39.1 Å². The Bertz CT molecular complexity index is 1160. The second-order valence-electron chi connectivity index (χ2n) is 9.71. The maximum atomic E-state index is 13.6. The van der Waals surface area contributed by atoms with Gasteiger partial charge in [-0.1, -0.05) is 38.1 Å². The summed E-state index contributed by atoms with van der Waals surface area (Å²) < 4.78 is 42.5. The molecule has 0 aromatic heterocycles. The number of hydrogen-bond donors (Lipinski definition) is 2. The first kappa shape index (κ1) is 28.7. The van der Waals surface area contributed by atoms with E-state index in [0.29, 0.717) is 45.0 Å². The van der Waals surface area contributed by atoms with Crippen LogP contribution in [-0.4, -0.2) is 70.3 Å². The van der Waals surface area contributed by atoms with E-state index in [0.717, 1.165) is 5.56 Å². The molecule has 3 rings (SSSR count). The highest BCUT2D eigenvalue weighted by molar-refractivity contribution is 7.90. The number of rotatable bonds is 11. The smallest absolute Gasteiger partial charge is 0.228 e. The van der Waals surface area contributed by atoms with Crippen LogP contribution in [0.3, 0.4) is 0 Å². The molecule has 0 bridgehead atoms. The van der Waals surface area contributed by atoms with Gasteiger partial charge in [0.2, 0.25) is 11.8 Å². The Kier molecular flexibility index (Phi) is 10.2. The highest BCUT2D eigenvalue weighted by Crippen LogP contribution is 2.23. The molecule has 1 saturated heterocycles. The number of carbonyl (C=O) groups is 2. The van der Waals surface area contributed by atoms with Crippen molar-refractivity contribution in [3.63, 3.8) is 0 Å². The molecule has 1 aliphatic heterocycles. The van der Waals surface area contributed by atoms with E-state index < -0.39 is 21.6 Å². The Hall–Kier alpha value is -2.82. The average molecular weight is 534 g/mol. The van der Waals surface area contributed by atoms with Gasteiger partial charge >= 0.3 is 0 Å². The van der Waals surface area contributed by atoms with Crippen molar-refractivity contribution < 1.29 is 27.1 Å². The van der Waals surface area contributed by atoms with E-state index in [4.69, 9.17) is 4.74 Å². The molecule has 2 N–H and O–H groups in total. The number of benzene rings is 2. The van der Waals surface area contributed by atoms with Gasteiger partial charge in [-0.3, -0.25) is 9.59 Å². The maximum absolute atomic E-state index is 13.6. The third kappa shape index (κ3) is 8.62. The van der Waals surface area contributed by atoms with Crippen LogP contribution in [0.4, 0.5) is 4.39 Å². The fourth-order valence-electron chi connectivity index (χ4n) is 4.17. The first-order valence-electron chi connectivity index (χ1n) is 12.5. The fraction of sp³-hybridized carbons (Fsp3) is 0.481. The molecule has 0 spiro atoms. The standard InChI is InChI=1S/C27H36FN3O5S/c1-19(2)25(18-29-17-20-5-4-6-23(15-20)37(3,34)35)30-27(33)24(21-7-9-22(28)10-8-21)16-26(32)31-11-13-36-14-12-31/h4-10,15,19,24-25,29H,11-14,16-18H2,1-3H3,(H,30,33)/t24-,25+/m0/s1. The Morgan fingerprint density at radius 3 is 2.38 bits per heavy atom. The lowest BCUT2D eigenvalue weighted by atomic mass is 9.92. The molecule has 0 aliphatic carbocycles. The third-order valence-corrected chi connectivity index (χ3v) is 7.59. The zero-order valence-corrected chi connectivity index (χ0v) is 22.4. The van der Waals surface area contributed by atoms with Gasteiger partial charge in [0.25, 0.3) is 0 Å². The van der Waals surface area contributed by atoms with E-state index in [2.05, 4.69) is 10.6 Å². The molecular formula is C27H36FN3O5S. The van der Waals surface area contributed by atoms with Gasteiger partial charge in [-0.15, -0.1) is 0 Å². The highest BCUT2D eigenvalue weighted by Gasteiger charge is 2.29. The Balaban J connectivity index is 1.68. The molecule has 0 saturated carbocycles. The number of sulfone groups is 1. The van der Waals surface area contributed by atoms with Crippen molar-refractivity contribution in [2.45, 2.75) is 43.7 Å². The molecule has 2 amide bonds. The van der Waals surface area contributed by atoms with Crippen LogP contribution in [0.25, 0.3) is 0 Å². The number of morpholine rings is 1. The van der Waals surface area contributed by atoms with Crippen LogP contribution in [0.2, 0.25) is 0 Å². The maximum Gasteiger partial charge on any atom is 0.228 e. The molecule has 1 heterocycles. The van der Waals surface area contributed by atoms with Crippen LogP contribution in [0.15, 0.2) is 53.4 Å². The largest absolute Gasteiger partial charge is 0.378 e. The van der Waals surface area contributed by atoms with Crippen molar-refractivity contribution >= 4 is 21.7 Å². The average Bonchev–Trinajstić information content (AvgIpc) is 2.87. The zero-order valence-electron chi connectivity index (χ0n) is 21.6. The molecule has 1 fully saturated rings. The number of amides is 2. The molecule has 10 heteroatoms. The Morgan fingerprint density at radius 1 is 1.08 bits per heavy atom. The van der Waals surface area contributed by atoms with Crippen molar-refractivity contribution in [1.29, 1.82) is 0 Å². The van der Waals surface area contributed by atoms with Gasteiger partial charge in [0.1, 0.15) is 5.82 Å². The lowest BCUT2D eigenvalue weighted by Gasteiger charge is -2.30. The van der Waals surface area contributed by atoms with Gasteiger partial charge in [0.15, 0.2) is 9.84 Å². The lowest BCUT2D eigenvalue weighted by Crippen LogP contribution is -2.48. The molecule has 37 heavy (non-hydrogen) atoms. The SMILES string of the molecule is CC(C)[C@@H](CNCc1cccc(S(C)(=O)=O)c1)NC(=O)[C@@H](CC(=O)N1CCOCC1)c1ccc(F)cc1. The van der Waals surface area contributed by atoms with E-state index in [-0.39, 0.29) is 35.1 Å². The minimum absolute atomic E-state index is 0.0198. The molecular weight excluding hydrogens is 497 g/mol. The predicted molar refractivity (Wildman–Crippen MR) is 139 cm³/mol. The topological polar surface area (TPSA) is 105 Å². The van der Waals surface area contributed by atoms with Crippen molar-refractivity contribution in [3.8, 4) is 0 Å². The van der Waals surface area contributed by atoms with Gasteiger partial charge < -0.3 is 20.3 Å². The third-order valence-electron chi connectivity index (χ3n) is 6.48. The van der Waals surface area contributed by atoms with Crippen LogP contribution in [0.1, 0.15) is 37.3 Å². The summed E-state index contributed by atoms with van der Waals surface area (Å²) >= 11 is 0. The monoisotopic (exact) mass is 533 g/mol. The number of hydrogen-bond acceptors (Lipinski definition) is 6. The molecule has 0 unspecified atom stereocenters. The number of carbonyl (C=O) groups excluding carboxylic acids is 2. The van der Waals surface area contributed by atoms with E-state index in [9.17, 15) is 22.4 Å². The van der Waals surface area contributed by atoms with Crippen molar-refractivity contribution in [3.05, 3.63) is 65.5 Å². The number of nitrogens with one attached hydrogen (secondary N) is 2. The summed E-state index contributed by atoms with van der Waals surface area (Å²) in [4.78, 5) is 28.4. The highest BCUT2D eigenvalue weighted by atomic mass is 32.2. The van der Waals surface area contributed by atoms with Crippen LogP contribution in [-0.2, 0) is 30.7 Å². The molecule has 2 aromatic carbocycles. The van der Waals surface area contributed by atoms with E-state index >= 15 is 0 Å². The predicted octanol–water partition coefficient (Wildman–Crippen LogP) is 2.49. The summed E-state index contributed by atoms with van der Waals surface area (Å²) in [6.07, 6.45) is 1.15. The van der Waals surface area contributed by atoms with Crippen LogP contribution < -0.4 is 10.6 Å². The van der Waals surface area contributed by atoms with E-state index in [1.807, 2.05) is 19.9 Å². The van der Waals surface area contributed by atoms with Crippen molar-refractivity contribution in [1.82, 2.24) is 15.5 Å². The summed E-state index contributed by atoms with van der Waals surface area (Å²) in [5, 5.41) is 6.37. The number of nitrogens with zero attached hydrogens (tertiary/aromatic N) is 1. The fourth-order valence-corrected chi connectivity index (χ4v) is 4.86. The molecule has 2 atom stereocenters. The summed E-state index contributed by atoms with van der Waals surface area (Å²) in [5.41, 5.74) is 1.39. The van der Waals surface area contributed by atoms with Gasteiger partial charge in [0.05, 0.1) is 24.0 Å². The number of halogens is 1. The Labute approximate surface area is 218 Å². The quantitative estimate of drug-likeness (QED) is 0.460. The molecule has 202 valence electrons. The zero-order chi connectivity index (χ0) is 27.0. The van der Waals surface area contributed by atoms with Gasteiger partial charge in [-0.25, -0.2) is 12.8 Å². The van der Waals surface area contributed by atoms with Crippen molar-refractivity contribution in [2.24, 2.45) is 5.92 Å². The van der Waals surface area contributed by atoms with E-state index in [1.165, 1.54) is 18.4 Å². The second-order valence-corrected chi connectivity index (χ2v) is 11.7. The molecule has 2 aromatic rings. The van der Waals surface area contributed by atoms with Gasteiger partial charge in [-0.05, 0) is 41.3 Å². The van der Waals surface area contributed by atoms with E-state index in [1.54, 1.807) is 35.2 Å². The minimum Gasteiger partial charge on any atom is -0.378 e. The molecule has 0 radical (unpaired) electrons. The molecule has 1 aliphatic rings. The van der Waals surface area contributed by atoms with Crippen LogP contribution >= 0.6 is 0 Å². The summed E-state index contributed by atoms with van der Waals surface area (Å²) in [7, 11) is -3.30. The summed E-state index contributed by atoms with van der Waals surface area (Å²) in [6, 6.07) is 12.2. The van der Waals surface area contributed by atoms with Gasteiger partial charge in [0, 0.05) is 44.9 Å².